The lowest BCUT2D eigenvalue weighted by Gasteiger charge is -2.34. The summed E-state index contributed by atoms with van der Waals surface area (Å²) in [5.41, 5.74) is 4.25. The Morgan fingerprint density at radius 2 is 1.83 bits per heavy atom. The minimum atomic E-state index is -4.52. The van der Waals surface area contributed by atoms with Gasteiger partial charge in [-0.05, 0) is 23.4 Å². The summed E-state index contributed by atoms with van der Waals surface area (Å²) in [7, 11) is 0. The van der Waals surface area contributed by atoms with Crippen LogP contribution in [-0.4, -0.2) is 24.1 Å². The summed E-state index contributed by atoms with van der Waals surface area (Å²) in [5.74, 6) is -0.228. The van der Waals surface area contributed by atoms with E-state index in [1.807, 2.05) is 0 Å². The summed E-state index contributed by atoms with van der Waals surface area (Å²) in [6, 6.07) is 7.60. The minimum Gasteiger partial charge on any atom is -0.490 e. The zero-order valence-electron chi connectivity index (χ0n) is 15.1. The topological polar surface area (TPSA) is 111 Å². The van der Waals surface area contributed by atoms with Crippen molar-refractivity contribution >= 4 is 22.7 Å². The third-order valence-corrected chi connectivity index (χ3v) is 4.73. The Morgan fingerprint density at radius 1 is 1.17 bits per heavy atom. The third-order valence-electron chi connectivity index (χ3n) is 4.73. The van der Waals surface area contributed by atoms with Gasteiger partial charge in [-0.2, -0.15) is 13.2 Å². The number of halogens is 3. The number of nitro groups is 1. The molecule has 29 heavy (non-hydrogen) atoms. The van der Waals surface area contributed by atoms with Crippen molar-refractivity contribution in [3.05, 3.63) is 57.0 Å². The Bertz CT molecular complexity index is 928. The minimum absolute atomic E-state index is 0.221. The quantitative estimate of drug-likeness (QED) is 0.333. The number of nitrogens with zero attached hydrogens (tertiary/aromatic N) is 3. The first-order valence-electron chi connectivity index (χ1n) is 8.70. The molecule has 8 nitrogen and oxygen atoms in total. The summed E-state index contributed by atoms with van der Waals surface area (Å²) >= 11 is 0. The third kappa shape index (κ3) is 4.23. The van der Waals surface area contributed by atoms with E-state index >= 15 is 0 Å². The van der Waals surface area contributed by atoms with Gasteiger partial charge in [0.15, 0.2) is 5.69 Å². The van der Waals surface area contributed by atoms with E-state index in [-0.39, 0.29) is 17.1 Å². The smallest absolute Gasteiger partial charge is 0.419 e. The van der Waals surface area contributed by atoms with Crippen LogP contribution in [0.4, 0.5) is 35.9 Å². The number of nitroso groups, excluding NO2 is 1. The molecule has 11 heteroatoms. The number of nitro benzene ring substituents is 1. The second kappa shape index (κ2) is 7.94. The van der Waals surface area contributed by atoms with Crippen LogP contribution in [-0.2, 0) is 6.18 Å². The molecule has 1 heterocycles. The summed E-state index contributed by atoms with van der Waals surface area (Å²) in [4.78, 5) is 23.2. The maximum Gasteiger partial charge on any atom is 0.419 e. The van der Waals surface area contributed by atoms with Gasteiger partial charge in [-0.15, -0.1) is 4.91 Å². The molecule has 3 rings (SSSR count). The summed E-state index contributed by atoms with van der Waals surface area (Å²) in [6.07, 6.45) is -4.18. The number of anilines is 2. The lowest BCUT2D eigenvalue weighted by molar-refractivity contribution is -0.383. The molecule has 0 bridgehead atoms. The molecular formula is C18H17F3N4O4. The van der Waals surface area contributed by atoms with Crippen LogP contribution in [0.15, 0.2) is 41.6 Å². The highest BCUT2D eigenvalue weighted by Gasteiger charge is 2.35. The highest BCUT2D eigenvalue weighted by molar-refractivity contribution is 5.85. The molecule has 0 saturated carbocycles. The van der Waals surface area contributed by atoms with E-state index in [2.05, 4.69) is 5.18 Å². The first kappa shape index (κ1) is 20.4. The van der Waals surface area contributed by atoms with Crippen LogP contribution >= 0.6 is 0 Å². The zero-order chi connectivity index (χ0) is 21.2. The number of piperidine rings is 1. The number of hydrogen-bond donors (Lipinski definition) is 1. The van der Waals surface area contributed by atoms with E-state index in [9.17, 15) is 28.2 Å². The predicted molar refractivity (Wildman–Crippen MR) is 100 cm³/mol. The van der Waals surface area contributed by atoms with Crippen molar-refractivity contribution in [1.82, 2.24) is 0 Å². The van der Waals surface area contributed by atoms with Crippen molar-refractivity contribution in [3.63, 3.8) is 0 Å². The van der Waals surface area contributed by atoms with Crippen LogP contribution in [0.5, 0.6) is 5.75 Å². The van der Waals surface area contributed by atoms with Crippen molar-refractivity contribution in [2.45, 2.75) is 25.1 Å². The Hall–Kier alpha value is -3.37. The van der Waals surface area contributed by atoms with Crippen LogP contribution in [0.3, 0.4) is 0 Å². The number of alkyl halides is 3. The first-order valence-corrected chi connectivity index (χ1v) is 8.70. The van der Waals surface area contributed by atoms with E-state index < -0.39 is 28.5 Å². The molecule has 1 aliphatic rings. The fourth-order valence-electron chi connectivity index (χ4n) is 3.29. The maximum atomic E-state index is 13.1. The van der Waals surface area contributed by atoms with Gasteiger partial charge in [0.25, 0.3) is 5.69 Å². The highest BCUT2D eigenvalue weighted by atomic mass is 19.4. The standard InChI is InChI=1S/C18H17F3N4O4/c19-18(20,21)12-3-1-2-4-15(12)29-11-7-9-24(10-8-11)14-6-5-13(25(27)28)16(22)17(14)23-26/h1-6,11H,7-10,22H2. The lowest BCUT2D eigenvalue weighted by Crippen LogP contribution is -2.38. The van der Waals surface area contributed by atoms with Gasteiger partial charge in [0.1, 0.15) is 17.5 Å². The molecule has 0 unspecified atom stereocenters. The predicted octanol–water partition coefficient (Wildman–Crippen LogP) is 4.64. The van der Waals surface area contributed by atoms with Gasteiger partial charge in [0, 0.05) is 32.0 Å². The average molecular weight is 410 g/mol. The van der Waals surface area contributed by atoms with E-state index in [0.717, 1.165) is 6.07 Å². The first-order chi connectivity index (χ1) is 13.7. The largest absolute Gasteiger partial charge is 0.490 e. The van der Waals surface area contributed by atoms with Crippen LogP contribution in [0.25, 0.3) is 0 Å². The number of rotatable bonds is 5. The highest BCUT2D eigenvalue weighted by Crippen LogP contribution is 2.41. The van der Waals surface area contributed by atoms with Crippen molar-refractivity contribution in [3.8, 4) is 5.75 Å². The second-order valence-corrected chi connectivity index (χ2v) is 6.51. The molecule has 0 aromatic heterocycles. The Morgan fingerprint density at radius 3 is 2.41 bits per heavy atom. The molecule has 1 saturated heterocycles. The molecule has 1 fully saturated rings. The fraction of sp³-hybridized carbons (Fsp3) is 0.333. The number of para-hydroxylation sites is 1. The van der Waals surface area contributed by atoms with Crippen molar-refractivity contribution in [1.29, 1.82) is 0 Å². The monoisotopic (exact) mass is 410 g/mol. The Kier molecular flexibility index (Phi) is 5.57. The number of ether oxygens (including phenoxy) is 1. The van der Waals surface area contributed by atoms with Gasteiger partial charge in [0.05, 0.1) is 16.2 Å². The van der Waals surface area contributed by atoms with Gasteiger partial charge < -0.3 is 15.4 Å². The number of hydrogen-bond acceptors (Lipinski definition) is 7. The number of nitrogen functional groups attached to an aromatic ring is 1. The summed E-state index contributed by atoms with van der Waals surface area (Å²) < 4.78 is 44.9. The molecular weight excluding hydrogens is 393 g/mol. The maximum absolute atomic E-state index is 13.1. The van der Waals surface area contributed by atoms with Crippen LogP contribution in [0, 0.1) is 15.0 Å². The fourth-order valence-corrected chi connectivity index (χ4v) is 3.29. The van der Waals surface area contributed by atoms with E-state index in [1.165, 1.54) is 30.3 Å². The summed E-state index contributed by atoms with van der Waals surface area (Å²) in [6.45, 7) is 0.719. The summed E-state index contributed by atoms with van der Waals surface area (Å²) in [5, 5.41) is 13.8. The average Bonchev–Trinajstić information content (AvgIpc) is 2.67. The molecule has 0 amide bonds. The van der Waals surface area contributed by atoms with Crippen LogP contribution in [0.2, 0.25) is 0 Å². The number of nitrogens with two attached hydrogens (primary N) is 1. The zero-order valence-corrected chi connectivity index (χ0v) is 15.1. The molecule has 0 atom stereocenters. The van der Waals surface area contributed by atoms with E-state index in [1.54, 1.807) is 4.90 Å². The molecule has 2 aromatic rings. The Labute approximate surface area is 163 Å². The van der Waals surface area contributed by atoms with Crippen molar-refractivity contribution in [2.24, 2.45) is 5.18 Å². The molecule has 0 spiro atoms. The number of benzene rings is 2. The molecule has 2 N–H and O–H groups in total. The SMILES string of the molecule is Nc1c([N+](=O)[O-])ccc(N2CCC(Oc3ccccc3C(F)(F)F)CC2)c1N=O. The van der Waals surface area contributed by atoms with Crippen molar-refractivity contribution in [2.75, 3.05) is 23.7 Å². The second-order valence-electron chi connectivity index (χ2n) is 6.51. The van der Waals surface area contributed by atoms with E-state index in [0.29, 0.717) is 31.6 Å². The van der Waals surface area contributed by atoms with Crippen molar-refractivity contribution < 1.29 is 22.8 Å². The van der Waals surface area contributed by atoms with Gasteiger partial charge >= 0.3 is 6.18 Å². The lowest BCUT2D eigenvalue weighted by atomic mass is 10.1. The van der Waals surface area contributed by atoms with Gasteiger partial charge in [0.2, 0.25) is 0 Å². The normalized spacial score (nSPS) is 15.2. The van der Waals surface area contributed by atoms with E-state index in [4.69, 9.17) is 10.5 Å². The molecule has 2 aromatic carbocycles. The van der Waals surface area contributed by atoms with Gasteiger partial charge in [-0.25, -0.2) is 0 Å². The van der Waals surface area contributed by atoms with Gasteiger partial charge in [-0.1, -0.05) is 12.1 Å². The molecule has 154 valence electrons. The Balaban J connectivity index is 1.73. The van der Waals surface area contributed by atoms with Gasteiger partial charge in [-0.3, -0.25) is 10.1 Å². The van der Waals surface area contributed by atoms with Crippen LogP contribution < -0.4 is 15.4 Å². The molecule has 0 aliphatic carbocycles. The van der Waals surface area contributed by atoms with Crippen LogP contribution in [0.1, 0.15) is 18.4 Å². The molecule has 1 aliphatic heterocycles. The molecule has 0 radical (unpaired) electrons.